The molecule has 1 unspecified atom stereocenters. The second kappa shape index (κ2) is 11.3. The highest BCUT2D eigenvalue weighted by atomic mass is 35.5. The van der Waals surface area contributed by atoms with Gasteiger partial charge in [0.2, 0.25) is 20.0 Å². The monoisotopic (exact) mass is 610 g/mol. The van der Waals surface area contributed by atoms with E-state index in [9.17, 15) is 21.6 Å². The van der Waals surface area contributed by atoms with Crippen LogP contribution >= 0.6 is 23.2 Å². The number of halogens is 2. The van der Waals surface area contributed by atoms with E-state index in [-0.39, 0.29) is 35.3 Å². The zero-order valence-corrected chi connectivity index (χ0v) is 24.6. The molecule has 0 spiro atoms. The number of piperazine rings is 1. The van der Waals surface area contributed by atoms with Gasteiger partial charge in [-0.3, -0.25) is 9.10 Å². The van der Waals surface area contributed by atoms with E-state index in [2.05, 4.69) is 10.2 Å². The summed E-state index contributed by atoms with van der Waals surface area (Å²) in [5.74, 6) is -0.525. The number of sulfonamides is 2. The van der Waals surface area contributed by atoms with Gasteiger partial charge in [0.1, 0.15) is 0 Å². The van der Waals surface area contributed by atoms with Gasteiger partial charge in [0.05, 0.1) is 22.4 Å². The van der Waals surface area contributed by atoms with Crippen molar-refractivity contribution in [2.75, 3.05) is 47.5 Å². The number of nitrogens with zero attached hydrogens (tertiary/aromatic N) is 3. The average Bonchev–Trinajstić information content (AvgIpc) is 2.87. The van der Waals surface area contributed by atoms with Gasteiger partial charge >= 0.3 is 0 Å². The summed E-state index contributed by atoms with van der Waals surface area (Å²) in [4.78, 5) is 15.1. The van der Waals surface area contributed by atoms with Gasteiger partial charge in [-0.2, -0.15) is 4.31 Å². The maximum absolute atomic E-state index is 13.4. The van der Waals surface area contributed by atoms with E-state index in [1.165, 1.54) is 47.8 Å². The summed E-state index contributed by atoms with van der Waals surface area (Å²) in [5, 5.41) is 3.73. The molecular formula is C26H28Cl2N4O5S2. The molecule has 1 heterocycles. The van der Waals surface area contributed by atoms with E-state index in [0.717, 1.165) is 16.2 Å². The third kappa shape index (κ3) is 6.50. The van der Waals surface area contributed by atoms with Crippen LogP contribution in [0.5, 0.6) is 0 Å². The van der Waals surface area contributed by atoms with Gasteiger partial charge in [-0.05, 0) is 61.5 Å². The van der Waals surface area contributed by atoms with Crippen LogP contribution < -0.4 is 14.5 Å². The Morgan fingerprint density at radius 2 is 1.56 bits per heavy atom. The number of anilines is 3. The molecule has 9 nitrogen and oxygen atoms in total. The lowest BCUT2D eigenvalue weighted by Crippen LogP contribution is -2.53. The first kappa shape index (κ1) is 29.2. The Kier molecular flexibility index (Phi) is 8.48. The number of carbonyl (C=O) groups is 1. The van der Waals surface area contributed by atoms with Crippen molar-refractivity contribution < 1.29 is 21.6 Å². The van der Waals surface area contributed by atoms with Crippen molar-refractivity contribution >= 4 is 66.2 Å². The van der Waals surface area contributed by atoms with Crippen LogP contribution in [0.15, 0.2) is 71.6 Å². The number of nitrogens with one attached hydrogen (secondary N) is 1. The number of benzene rings is 3. The van der Waals surface area contributed by atoms with Gasteiger partial charge in [0.25, 0.3) is 5.91 Å². The van der Waals surface area contributed by atoms with Crippen LogP contribution in [0.1, 0.15) is 17.3 Å². The predicted molar refractivity (Wildman–Crippen MR) is 156 cm³/mol. The number of amides is 1. The Morgan fingerprint density at radius 1 is 0.949 bits per heavy atom. The Hall–Kier alpha value is -2.83. The molecule has 3 aromatic rings. The Labute approximate surface area is 239 Å². The lowest BCUT2D eigenvalue weighted by molar-refractivity contribution is 0.102. The fourth-order valence-corrected chi connectivity index (χ4v) is 6.95. The predicted octanol–water partition coefficient (Wildman–Crippen LogP) is 4.54. The summed E-state index contributed by atoms with van der Waals surface area (Å²) in [6.07, 6.45) is 1.05. The largest absolute Gasteiger partial charge is 0.366 e. The maximum atomic E-state index is 13.4. The molecule has 0 aliphatic carbocycles. The second-order valence-electron chi connectivity index (χ2n) is 9.26. The summed E-state index contributed by atoms with van der Waals surface area (Å²) in [6.45, 7) is 2.95. The maximum Gasteiger partial charge on any atom is 0.257 e. The lowest BCUT2D eigenvalue weighted by Gasteiger charge is -2.40. The molecule has 1 atom stereocenters. The van der Waals surface area contributed by atoms with E-state index < -0.39 is 26.0 Å². The highest BCUT2D eigenvalue weighted by molar-refractivity contribution is 7.92. The molecule has 1 aliphatic rings. The summed E-state index contributed by atoms with van der Waals surface area (Å²) in [6, 6.07) is 17.3. The summed E-state index contributed by atoms with van der Waals surface area (Å²) < 4.78 is 53.2. The fourth-order valence-electron chi connectivity index (χ4n) is 4.41. The lowest BCUT2D eigenvalue weighted by atomic mass is 10.1. The first-order valence-corrected chi connectivity index (χ1v) is 16.0. The molecule has 0 saturated carbocycles. The zero-order valence-electron chi connectivity index (χ0n) is 21.5. The third-order valence-corrected chi connectivity index (χ3v) is 10.0. The Balaban J connectivity index is 1.47. The van der Waals surface area contributed by atoms with E-state index in [4.69, 9.17) is 23.2 Å². The quantitative estimate of drug-likeness (QED) is 0.421. The van der Waals surface area contributed by atoms with Crippen LogP contribution in [-0.4, -0.2) is 66.0 Å². The van der Waals surface area contributed by atoms with Crippen LogP contribution in [0.25, 0.3) is 0 Å². The van der Waals surface area contributed by atoms with E-state index in [0.29, 0.717) is 22.3 Å². The van der Waals surface area contributed by atoms with Crippen molar-refractivity contribution in [3.8, 4) is 0 Å². The highest BCUT2D eigenvalue weighted by Gasteiger charge is 2.32. The van der Waals surface area contributed by atoms with Crippen molar-refractivity contribution in [3.63, 3.8) is 0 Å². The number of hydrogen-bond donors (Lipinski definition) is 1. The average molecular weight is 612 g/mol. The minimum Gasteiger partial charge on any atom is -0.366 e. The van der Waals surface area contributed by atoms with Crippen LogP contribution in [0.3, 0.4) is 0 Å². The minimum atomic E-state index is -3.78. The van der Waals surface area contributed by atoms with Crippen LogP contribution in [0.2, 0.25) is 10.0 Å². The number of para-hydroxylation sites is 1. The molecule has 1 saturated heterocycles. The van der Waals surface area contributed by atoms with Crippen LogP contribution in [0, 0.1) is 0 Å². The van der Waals surface area contributed by atoms with Gasteiger partial charge in [0.15, 0.2) is 0 Å². The molecule has 1 fully saturated rings. The van der Waals surface area contributed by atoms with Gasteiger partial charge in [-0.15, -0.1) is 0 Å². The van der Waals surface area contributed by atoms with Crippen molar-refractivity contribution in [2.45, 2.75) is 17.9 Å². The summed E-state index contributed by atoms with van der Waals surface area (Å²) in [7, 11) is -5.99. The van der Waals surface area contributed by atoms with Crippen molar-refractivity contribution in [1.29, 1.82) is 0 Å². The fraction of sp³-hybridized carbons (Fsp3) is 0.269. The summed E-state index contributed by atoms with van der Waals surface area (Å²) in [5.41, 5.74) is 1.59. The topological polar surface area (TPSA) is 107 Å². The number of hydrogen-bond acceptors (Lipinski definition) is 6. The minimum absolute atomic E-state index is 0.101. The van der Waals surface area contributed by atoms with Crippen molar-refractivity contribution in [1.82, 2.24) is 4.31 Å². The molecule has 1 N–H and O–H groups in total. The standard InChI is InChI=1S/C26H28Cl2N4O5S2/c1-18-17-31(12-13-32(18)22-15-19(27)14-20(28)16-22)39(36,37)23-10-8-21(9-11-23)29-26(33)24-6-4-5-7-25(24)30(2)38(3,34)35/h4-11,14-16,18H,12-13,17H2,1-3H3,(H,29,33). The van der Waals surface area contributed by atoms with E-state index >= 15 is 0 Å². The van der Waals surface area contributed by atoms with E-state index in [1.807, 2.05) is 6.92 Å². The SMILES string of the molecule is CC1CN(S(=O)(=O)c2ccc(NC(=O)c3ccccc3N(C)S(C)(=O)=O)cc2)CCN1c1cc(Cl)cc(Cl)c1. The molecular weight excluding hydrogens is 583 g/mol. The van der Waals surface area contributed by atoms with Crippen LogP contribution in [0.4, 0.5) is 17.1 Å². The second-order valence-corrected chi connectivity index (χ2v) is 14.1. The molecule has 1 aliphatic heterocycles. The van der Waals surface area contributed by atoms with Gasteiger partial charge in [0, 0.05) is 54.1 Å². The molecule has 208 valence electrons. The third-order valence-electron chi connectivity index (χ3n) is 6.50. The summed E-state index contributed by atoms with van der Waals surface area (Å²) >= 11 is 12.3. The zero-order chi connectivity index (χ0) is 28.5. The van der Waals surface area contributed by atoms with Gasteiger partial charge in [-0.1, -0.05) is 35.3 Å². The first-order chi connectivity index (χ1) is 18.3. The Morgan fingerprint density at radius 3 is 2.15 bits per heavy atom. The van der Waals surface area contributed by atoms with Gasteiger partial charge < -0.3 is 10.2 Å². The molecule has 1 amide bonds. The van der Waals surface area contributed by atoms with Crippen LogP contribution in [-0.2, 0) is 20.0 Å². The molecule has 39 heavy (non-hydrogen) atoms. The molecule has 13 heteroatoms. The molecule has 0 aromatic heterocycles. The number of rotatable bonds is 7. The molecule has 0 bridgehead atoms. The normalized spacial score (nSPS) is 16.6. The smallest absolute Gasteiger partial charge is 0.257 e. The van der Waals surface area contributed by atoms with E-state index in [1.54, 1.807) is 30.3 Å². The first-order valence-electron chi connectivity index (χ1n) is 11.9. The molecule has 3 aromatic carbocycles. The van der Waals surface area contributed by atoms with Crippen molar-refractivity contribution in [3.05, 3.63) is 82.3 Å². The molecule has 0 radical (unpaired) electrons. The Bertz CT molecular complexity index is 1580. The molecule has 4 rings (SSSR count). The number of carbonyl (C=O) groups excluding carboxylic acids is 1. The van der Waals surface area contributed by atoms with Gasteiger partial charge in [-0.25, -0.2) is 16.8 Å². The highest BCUT2D eigenvalue weighted by Crippen LogP contribution is 2.30. The van der Waals surface area contributed by atoms with Crippen molar-refractivity contribution in [2.24, 2.45) is 0 Å².